The van der Waals surface area contributed by atoms with E-state index in [0.717, 1.165) is 19.5 Å². The predicted octanol–water partition coefficient (Wildman–Crippen LogP) is 1.97. The lowest BCUT2D eigenvalue weighted by molar-refractivity contribution is -0.117. The number of hydrogen-bond donors (Lipinski definition) is 0. The van der Waals surface area contributed by atoms with E-state index in [-0.39, 0.29) is 5.41 Å². The van der Waals surface area contributed by atoms with E-state index in [9.17, 15) is 4.79 Å². The van der Waals surface area contributed by atoms with Crippen LogP contribution in [0.15, 0.2) is 11.8 Å². The Labute approximate surface area is 79.6 Å². The van der Waals surface area contributed by atoms with Crippen molar-refractivity contribution >= 4 is 5.78 Å². The molecule has 72 valence electrons. The molecule has 1 aliphatic carbocycles. The first-order valence-corrected chi connectivity index (χ1v) is 5.05. The van der Waals surface area contributed by atoms with Gasteiger partial charge in [0.2, 0.25) is 0 Å². The first-order valence-electron chi connectivity index (χ1n) is 5.05. The van der Waals surface area contributed by atoms with Gasteiger partial charge in [-0.15, -0.1) is 0 Å². The van der Waals surface area contributed by atoms with E-state index >= 15 is 0 Å². The largest absolute Gasteiger partial charge is 0.375 e. The van der Waals surface area contributed by atoms with E-state index in [4.69, 9.17) is 0 Å². The zero-order valence-electron chi connectivity index (χ0n) is 8.47. The van der Waals surface area contributed by atoms with Gasteiger partial charge in [-0.25, -0.2) is 0 Å². The van der Waals surface area contributed by atoms with Crippen molar-refractivity contribution in [2.75, 3.05) is 13.1 Å². The molecule has 0 saturated carbocycles. The lowest BCUT2D eigenvalue weighted by Crippen LogP contribution is -2.39. The van der Waals surface area contributed by atoms with Crippen LogP contribution in [0.5, 0.6) is 0 Å². The summed E-state index contributed by atoms with van der Waals surface area (Å²) in [5, 5.41) is 0. The quantitative estimate of drug-likeness (QED) is 0.613. The molecule has 0 unspecified atom stereocenters. The summed E-state index contributed by atoms with van der Waals surface area (Å²) in [6, 6.07) is 0. The minimum absolute atomic E-state index is 0.177. The molecule has 13 heavy (non-hydrogen) atoms. The summed E-state index contributed by atoms with van der Waals surface area (Å²) in [6.45, 7) is 6.65. The number of likely N-dealkylation sites (tertiary alicyclic amines) is 1. The van der Waals surface area contributed by atoms with Crippen LogP contribution in [-0.4, -0.2) is 23.8 Å². The van der Waals surface area contributed by atoms with Crippen LogP contribution < -0.4 is 0 Å². The van der Waals surface area contributed by atoms with E-state index in [1.165, 1.54) is 12.1 Å². The summed E-state index contributed by atoms with van der Waals surface area (Å²) in [5.41, 5.74) is 1.45. The normalized spacial score (nSPS) is 26.8. The van der Waals surface area contributed by atoms with Crippen LogP contribution in [0.1, 0.15) is 33.1 Å². The van der Waals surface area contributed by atoms with Gasteiger partial charge in [0.1, 0.15) is 0 Å². The van der Waals surface area contributed by atoms with Gasteiger partial charge >= 0.3 is 0 Å². The van der Waals surface area contributed by atoms with Crippen molar-refractivity contribution in [3.05, 3.63) is 11.8 Å². The molecule has 0 aromatic carbocycles. The van der Waals surface area contributed by atoms with Crippen molar-refractivity contribution in [3.8, 4) is 0 Å². The van der Waals surface area contributed by atoms with Gasteiger partial charge in [-0.1, -0.05) is 13.8 Å². The highest BCUT2D eigenvalue weighted by molar-refractivity contribution is 5.91. The highest BCUT2D eigenvalue weighted by Gasteiger charge is 2.31. The molecule has 0 amide bonds. The molecular formula is C11H17NO. The third kappa shape index (κ3) is 1.77. The number of carbonyl (C=O) groups is 1. The molecule has 0 spiro atoms. The van der Waals surface area contributed by atoms with Gasteiger partial charge in [-0.05, 0) is 18.3 Å². The SMILES string of the molecule is CC1(C)CC(=O)C=C(N2CCC2)C1. The number of carbonyl (C=O) groups excluding carboxylic acids is 1. The number of nitrogens with zero attached hydrogens (tertiary/aromatic N) is 1. The summed E-state index contributed by atoms with van der Waals surface area (Å²) in [7, 11) is 0. The van der Waals surface area contributed by atoms with Gasteiger partial charge in [-0.3, -0.25) is 4.79 Å². The maximum absolute atomic E-state index is 11.4. The predicted molar refractivity (Wildman–Crippen MR) is 52.3 cm³/mol. The topological polar surface area (TPSA) is 20.3 Å². The Morgan fingerprint density at radius 1 is 1.31 bits per heavy atom. The number of ketones is 1. The van der Waals surface area contributed by atoms with E-state index in [0.29, 0.717) is 12.2 Å². The van der Waals surface area contributed by atoms with Crippen LogP contribution in [0.25, 0.3) is 0 Å². The zero-order valence-corrected chi connectivity index (χ0v) is 8.47. The molecule has 1 heterocycles. The zero-order chi connectivity index (χ0) is 9.47. The molecule has 2 aliphatic rings. The van der Waals surface area contributed by atoms with Crippen molar-refractivity contribution in [3.63, 3.8) is 0 Å². The fourth-order valence-electron chi connectivity index (χ4n) is 2.12. The molecule has 0 atom stereocenters. The maximum atomic E-state index is 11.4. The molecule has 0 N–H and O–H groups in total. The third-order valence-corrected chi connectivity index (χ3v) is 2.90. The molecule has 0 radical (unpaired) electrons. The smallest absolute Gasteiger partial charge is 0.157 e. The van der Waals surface area contributed by atoms with E-state index < -0.39 is 0 Å². The fraction of sp³-hybridized carbons (Fsp3) is 0.727. The van der Waals surface area contributed by atoms with Crippen LogP contribution in [0.3, 0.4) is 0 Å². The van der Waals surface area contributed by atoms with Gasteiger partial charge in [-0.2, -0.15) is 0 Å². The fourth-order valence-corrected chi connectivity index (χ4v) is 2.12. The summed E-state index contributed by atoms with van der Waals surface area (Å²) >= 11 is 0. The third-order valence-electron chi connectivity index (χ3n) is 2.90. The Morgan fingerprint density at radius 2 is 2.00 bits per heavy atom. The van der Waals surface area contributed by atoms with Crippen molar-refractivity contribution in [1.82, 2.24) is 4.90 Å². The van der Waals surface area contributed by atoms with Crippen molar-refractivity contribution < 1.29 is 4.79 Å². The van der Waals surface area contributed by atoms with Gasteiger partial charge in [0, 0.05) is 31.3 Å². The van der Waals surface area contributed by atoms with Crippen molar-refractivity contribution in [2.24, 2.45) is 5.41 Å². The van der Waals surface area contributed by atoms with Gasteiger partial charge in [0.05, 0.1) is 0 Å². The summed E-state index contributed by atoms with van der Waals surface area (Å²) < 4.78 is 0. The monoisotopic (exact) mass is 179 g/mol. The van der Waals surface area contributed by atoms with E-state index in [1.807, 2.05) is 6.08 Å². The first kappa shape index (κ1) is 8.79. The second-order valence-corrected chi connectivity index (χ2v) is 4.96. The van der Waals surface area contributed by atoms with Gasteiger partial charge < -0.3 is 4.90 Å². The summed E-state index contributed by atoms with van der Waals surface area (Å²) in [4.78, 5) is 13.8. The average molecular weight is 179 g/mol. The maximum Gasteiger partial charge on any atom is 0.157 e. The van der Waals surface area contributed by atoms with Crippen molar-refractivity contribution in [2.45, 2.75) is 33.1 Å². The Hall–Kier alpha value is -0.790. The molecule has 2 rings (SSSR count). The van der Waals surface area contributed by atoms with E-state index in [1.54, 1.807) is 0 Å². The standard InChI is InChI=1S/C11H17NO/c1-11(2)7-9(6-10(13)8-11)12-4-3-5-12/h6H,3-5,7-8H2,1-2H3. The first-order chi connectivity index (χ1) is 6.07. The Kier molecular flexibility index (Phi) is 1.94. The highest BCUT2D eigenvalue weighted by Crippen LogP contribution is 2.36. The van der Waals surface area contributed by atoms with Gasteiger partial charge in [0.25, 0.3) is 0 Å². The number of hydrogen-bond acceptors (Lipinski definition) is 2. The minimum Gasteiger partial charge on any atom is -0.375 e. The Morgan fingerprint density at radius 3 is 2.46 bits per heavy atom. The van der Waals surface area contributed by atoms with E-state index in [2.05, 4.69) is 18.7 Å². The highest BCUT2D eigenvalue weighted by atomic mass is 16.1. The summed E-state index contributed by atoms with van der Waals surface area (Å²) in [6.07, 6.45) is 4.92. The molecule has 2 heteroatoms. The van der Waals surface area contributed by atoms with Crippen LogP contribution >= 0.6 is 0 Å². The number of rotatable bonds is 1. The lowest BCUT2D eigenvalue weighted by atomic mass is 9.78. The molecule has 2 nitrogen and oxygen atoms in total. The van der Waals surface area contributed by atoms with Crippen LogP contribution in [-0.2, 0) is 4.79 Å². The van der Waals surface area contributed by atoms with Crippen LogP contribution in [0, 0.1) is 5.41 Å². The Bertz CT molecular complexity index is 261. The second kappa shape index (κ2) is 2.86. The molecule has 0 aromatic rings. The lowest BCUT2D eigenvalue weighted by Gasteiger charge is -2.40. The average Bonchev–Trinajstić information content (AvgIpc) is 1.75. The van der Waals surface area contributed by atoms with Crippen molar-refractivity contribution in [1.29, 1.82) is 0 Å². The van der Waals surface area contributed by atoms with Crippen LogP contribution in [0.4, 0.5) is 0 Å². The molecule has 1 fully saturated rings. The Balaban J connectivity index is 2.13. The van der Waals surface area contributed by atoms with Gasteiger partial charge in [0.15, 0.2) is 5.78 Å². The summed E-state index contributed by atoms with van der Waals surface area (Å²) in [5.74, 6) is 0.304. The molecule has 1 saturated heterocycles. The second-order valence-electron chi connectivity index (χ2n) is 4.96. The molecule has 0 bridgehead atoms. The molecular weight excluding hydrogens is 162 g/mol. The van der Waals surface area contributed by atoms with Crippen LogP contribution in [0.2, 0.25) is 0 Å². The molecule has 1 aliphatic heterocycles. The number of allylic oxidation sites excluding steroid dienone is 2. The molecule has 0 aromatic heterocycles. The minimum atomic E-state index is 0.177.